The first kappa shape index (κ1) is 13.6. The predicted octanol–water partition coefficient (Wildman–Crippen LogP) is 1.84. The highest BCUT2D eigenvalue weighted by Gasteiger charge is 2.22. The van der Waals surface area contributed by atoms with Crippen LogP contribution in [0.4, 0.5) is 0 Å². The predicted molar refractivity (Wildman–Crippen MR) is 63.6 cm³/mol. The van der Waals surface area contributed by atoms with Crippen LogP contribution in [-0.4, -0.2) is 23.3 Å². The number of aryl methyl sites for hydroxylation is 1. The van der Waals surface area contributed by atoms with Crippen molar-refractivity contribution in [1.29, 1.82) is 0 Å². The molecule has 4 N–H and O–H groups in total. The fourth-order valence-electron chi connectivity index (χ4n) is 1.71. The third-order valence-corrected chi connectivity index (χ3v) is 2.71. The highest BCUT2D eigenvalue weighted by molar-refractivity contribution is 6.32. The molecule has 0 spiro atoms. The van der Waals surface area contributed by atoms with Gasteiger partial charge in [0.05, 0.1) is 18.6 Å². The Morgan fingerprint density at radius 1 is 1.65 bits per heavy atom. The molecule has 0 aliphatic heterocycles. The monoisotopic (exact) mass is 259 g/mol. The van der Waals surface area contributed by atoms with Gasteiger partial charge in [-0.15, -0.1) is 0 Å². The molecule has 0 fully saturated rings. The third kappa shape index (κ3) is 2.81. The summed E-state index contributed by atoms with van der Waals surface area (Å²) in [5.41, 5.74) is 6.70. The Bertz CT molecular complexity index is 448. The van der Waals surface area contributed by atoms with Crippen LogP contribution in [0.2, 0.25) is 5.02 Å². The standard InChI is InChI=1S/C11H14ClNO4/c1-5-3-6(12)11(17-2)10(16)9(5)7(13)4-8(14)15/h3,7,16H,4,13H2,1-2H3,(H,14,15). The lowest BCUT2D eigenvalue weighted by molar-refractivity contribution is -0.137. The summed E-state index contributed by atoms with van der Waals surface area (Å²) in [6.45, 7) is 1.70. The normalized spacial score (nSPS) is 12.2. The number of carboxylic acid groups (broad SMARTS) is 1. The van der Waals surface area contributed by atoms with Crippen LogP contribution in [0.1, 0.15) is 23.6 Å². The van der Waals surface area contributed by atoms with Gasteiger partial charge in [-0.1, -0.05) is 11.6 Å². The zero-order valence-corrected chi connectivity index (χ0v) is 10.3. The number of halogens is 1. The lowest BCUT2D eigenvalue weighted by Gasteiger charge is -2.17. The molecule has 0 radical (unpaired) electrons. The molecule has 5 nitrogen and oxygen atoms in total. The molecule has 17 heavy (non-hydrogen) atoms. The van der Waals surface area contributed by atoms with Gasteiger partial charge < -0.3 is 20.7 Å². The van der Waals surface area contributed by atoms with Gasteiger partial charge in [0, 0.05) is 11.6 Å². The number of carbonyl (C=O) groups is 1. The van der Waals surface area contributed by atoms with E-state index in [2.05, 4.69) is 0 Å². The molecule has 1 aromatic rings. The Labute approximate surface area is 104 Å². The first-order chi connectivity index (χ1) is 7.88. The Morgan fingerprint density at radius 3 is 2.71 bits per heavy atom. The van der Waals surface area contributed by atoms with Gasteiger partial charge in [0.1, 0.15) is 0 Å². The van der Waals surface area contributed by atoms with E-state index in [1.165, 1.54) is 7.11 Å². The van der Waals surface area contributed by atoms with Crippen molar-refractivity contribution in [3.63, 3.8) is 0 Å². The van der Waals surface area contributed by atoms with E-state index in [0.29, 0.717) is 11.1 Å². The summed E-state index contributed by atoms with van der Waals surface area (Å²) >= 11 is 5.88. The van der Waals surface area contributed by atoms with E-state index >= 15 is 0 Å². The number of carboxylic acids is 1. The number of aromatic hydroxyl groups is 1. The van der Waals surface area contributed by atoms with E-state index in [9.17, 15) is 9.90 Å². The smallest absolute Gasteiger partial charge is 0.305 e. The number of hydrogen-bond donors (Lipinski definition) is 3. The maximum Gasteiger partial charge on any atom is 0.305 e. The van der Waals surface area contributed by atoms with Crippen molar-refractivity contribution in [2.75, 3.05) is 7.11 Å². The van der Waals surface area contributed by atoms with Crippen molar-refractivity contribution >= 4 is 17.6 Å². The second-order valence-corrected chi connectivity index (χ2v) is 4.08. The first-order valence-corrected chi connectivity index (χ1v) is 5.29. The van der Waals surface area contributed by atoms with Gasteiger partial charge in [-0.2, -0.15) is 0 Å². The van der Waals surface area contributed by atoms with Gasteiger partial charge in [0.2, 0.25) is 0 Å². The average molecular weight is 260 g/mol. The number of phenolic OH excluding ortho intramolecular Hbond substituents is 1. The molecular weight excluding hydrogens is 246 g/mol. The largest absolute Gasteiger partial charge is 0.504 e. The van der Waals surface area contributed by atoms with Gasteiger partial charge in [-0.3, -0.25) is 4.79 Å². The lowest BCUT2D eigenvalue weighted by Crippen LogP contribution is -2.16. The van der Waals surface area contributed by atoms with Crippen molar-refractivity contribution in [2.45, 2.75) is 19.4 Å². The van der Waals surface area contributed by atoms with Gasteiger partial charge in [-0.25, -0.2) is 0 Å². The summed E-state index contributed by atoms with van der Waals surface area (Å²) in [6.07, 6.45) is -0.279. The molecule has 1 aromatic carbocycles. The topological polar surface area (TPSA) is 92.8 Å². The van der Waals surface area contributed by atoms with E-state index in [4.69, 9.17) is 27.2 Å². The van der Waals surface area contributed by atoms with Crippen molar-refractivity contribution in [2.24, 2.45) is 5.73 Å². The van der Waals surface area contributed by atoms with Crippen LogP contribution in [0.15, 0.2) is 6.07 Å². The van der Waals surface area contributed by atoms with Crippen molar-refractivity contribution in [3.05, 3.63) is 22.2 Å². The van der Waals surface area contributed by atoms with E-state index in [1.54, 1.807) is 13.0 Å². The maximum absolute atomic E-state index is 10.6. The molecule has 0 saturated carbocycles. The number of rotatable bonds is 4. The van der Waals surface area contributed by atoms with Crippen molar-refractivity contribution in [3.8, 4) is 11.5 Å². The highest BCUT2D eigenvalue weighted by atomic mass is 35.5. The summed E-state index contributed by atoms with van der Waals surface area (Å²) < 4.78 is 4.94. The molecule has 0 amide bonds. The Hall–Kier alpha value is -1.46. The molecule has 1 rings (SSSR count). The quantitative estimate of drug-likeness (QED) is 0.767. The number of benzene rings is 1. The molecular formula is C11H14ClNO4. The van der Waals surface area contributed by atoms with E-state index in [1.807, 2.05) is 0 Å². The fraction of sp³-hybridized carbons (Fsp3) is 0.364. The Balaban J connectivity index is 3.28. The van der Waals surface area contributed by atoms with Crippen LogP contribution < -0.4 is 10.5 Å². The molecule has 6 heteroatoms. The van der Waals surface area contributed by atoms with E-state index in [0.717, 1.165) is 0 Å². The molecule has 1 atom stereocenters. The summed E-state index contributed by atoms with van der Waals surface area (Å²) in [4.78, 5) is 10.6. The number of nitrogens with two attached hydrogens (primary N) is 1. The highest BCUT2D eigenvalue weighted by Crippen LogP contribution is 2.41. The number of aliphatic carboxylic acids is 1. The number of ether oxygens (including phenoxy) is 1. The van der Waals surface area contributed by atoms with E-state index in [-0.39, 0.29) is 22.9 Å². The van der Waals surface area contributed by atoms with Crippen LogP contribution in [0.3, 0.4) is 0 Å². The maximum atomic E-state index is 10.6. The third-order valence-electron chi connectivity index (χ3n) is 2.42. The van der Waals surface area contributed by atoms with Gasteiger partial charge >= 0.3 is 5.97 Å². The molecule has 0 aliphatic carbocycles. The van der Waals surface area contributed by atoms with Crippen molar-refractivity contribution < 1.29 is 19.7 Å². The van der Waals surface area contributed by atoms with Gasteiger partial charge in [0.15, 0.2) is 11.5 Å². The zero-order chi connectivity index (χ0) is 13.2. The minimum Gasteiger partial charge on any atom is -0.504 e. The van der Waals surface area contributed by atoms with E-state index < -0.39 is 12.0 Å². The molecule has 0 saturated heterocycles. The molecule has 0 aromatic heterocycles. The van der Waals surface area contributed by atoms with Crippen LogP contribution in [0, 0.1) is 6.92 Å². The van der Waals surface area contributed by atoms with Gasteiger partial charge in [-0.05, 0) is 18.6 Å². The minimum absolute atomic E-state index is 0.105. The average Bonchev–Trinajstić information content (AvgIpc) is 2.15. The Kier molecular flexibility index (Phi) is 4.20. The number of hydrogen-bond acceptors (Lipinski definition) is 4. The summed E-state index contributed by atoms with van der Waals surface area (Å²) in [6, 6.07) is 0.774. The van der Waals surface area contributed by atoms with Gasteiger partial charge in [0.25, 0.3) is 0 Å². The Morgan fingerprint density at radius 2 is 2.24 bits per heavy atom. The number of phenols is 1. The SMILES string of the molecule is COc1c(Cl)cc(C)c(C(N)CC(=O)O)c1O. The lowest BCUT2D eigenvalue weighted by atomic mass is 9.98. The summed E-state index contributed by atoms with van der Waals surface area (Å²) in [7, 11) is 1.36. The summed E-state index contributed by atoms with van der Waals surface area (Å²) in [5, 5.41) is 18.9. The molecule has 0 bridgehead atoms. The molecule has 0 aliphatic rings. The van der Waals surface area contributed by atoms with Crippen LogP contribution in [-0.2, 0) is 4.79 Å². The second kappa shape index (κ2) is 5.25. The van der Waals surface area contributed by atoms with Crippen molar-refractivity contribution in [1.82, 2.24) is 0 Å². The fourth-order valence-corrected chi connectivity index (χ4v) is 2.04. The molecule has 1 unspecified atom stereocenters. The van der Waals surface area contributed by atoms with Crippen LogP contribution in [0.25, 0.3) is 0 Å². The second-order valence-electron chi connectivity index (χ2n) is 3.68. The number of methoxy groups -OCH3 is 1. The summed E-state index contributed by atoms with van der Waals surface area (Å²) in [5.74, 6) is -1.13. The first-order valence-electron chi connectivity index (χ1n) is 4.91. The zero-order valence-electron chi connectivity index (χ0n) is 9.53. The van der Waals surface area contributed by atoms with Crippen LogP contribution >= 0.6 is 11.6 Å². The van der Waals surface area contributed by atoms with Crippen LogP contribution in [0.5, 0.6) is 11.5 Å². The minimum atomic E-state index is -1.04. The molecule has 94 valence electrons. The molecule has 0 heterocycles.